The number of carbonyl (C=O) groups excluding carboxylic acids is 1. The lowest BCUT2D eigenvalue weighted by Gasteiger charge is -2.36. The number of pyridine rings is 1. The van der Waals surface area contributed by atoms with Crippen molar-refractivity contribution in [3.8, 4) is 0 Å². The van der Waals surface area contributed by atoms with Gasteiger partial charge in [0.2, 0.25) is 0 Å². The Morgan fingerprint density at radius 2 is 1.75 bits per heavy atom. The fraction of sp³-hybridized carbons (Fsp3) is 0.235. The Morgan fingerprint density at radius 3 is 2.42 bits per heavy atom. The molecule has 3 rings (SSSR count). The fourth-order valence-corrected chi connectivity index (χ4v) is 2.98. The second-order valence-corrected chi connectivity index (χ2v) is 6.26. The summed E-state index contributed by atoms with van der Waals surface area (Å²) in [7, 11) is 0. The molecule has 124 valence electrons. The Hall–Kier alpha value is -2.18. The minimum Gasteiger partial charge on any atom is -0.345 e. The normalized spacial score (nSPS) is 14.4. The van der Waals surface area contributed by atoms with E-state index in [1.54, 1.807) is 18.3 Å². The van der Waals surface area contributed by atoms with Crippen LogP contribution in [0.5, 0.6) is 0 Å². The van der Waals surface area contributed by atoms with Gasteiger partial charge in [-0.25, -0.2) is 4.98 Å². The lowest BCUT2D eigenvalue weighted by Crippen LogP contribution is -2.51. The van der Waals surface area contributed by atoms with E-state index in [0.717, 1.165) is 5.56 Å². The van der Waals surface area contributed by atoms with Crippen LogP contribution in [0.2, 0.25) is 5.02 Å². The van der Waals surface area contributed by atoms with Gasteiger partial charge in [-0.1, -0.05) is 29.8 Å². The van der Waals surface area contributed by atoms with E-state index in [0.29, 0.717) is 42.1 Å². The second kappa shape index (κ2) is 7.59. The van der Waals surface area contributed by atoms with Gasteiger partial charge in [0, 0.05) is 43.0 Å². The second-order valence-electron chi connectivity index (χ2n) is 5.43. The molecule has 2 aromatic rings. The van der Waals surface area contributed by atoms with Gasteiger partial charge >= 0.3 is 0 Å². The van der Waals surface area contributed by atoms with Crippen LogP contribution in [0.15, 0.2) is 48.7 Å². The lowest BCUT2D eigenvalue weighted by atomic mass is 10.2. The summed E-state index contributed by atoms with van der Waals surface area (Å²) in [5.41, 5.74) is 0.717. The number of carbonyl (C=O) groups is 1. The van der Waals surface area contributed by atoms with Crippen LogP contribution in [0.1, 0.15) is 10.4 Å². The van der Waals surface area contributed by atoms with Crippen molar-refractivity contribution in [2.45, 2.75) is 0 Å². The van der Waals surface area contributed by atoms with E-state index in [9.17, 15) is 4.79 Å². The monoisotopic (exact) mass is 360 g/mol. The number of amides is 1. The highest BCUT2D eigenvalue weighted by atomic mass is 35.5. The summed E-state index contributed by atoms with van der Waals surface area (Å²) < 4.78 is 0. The number of anilines is 1. The predicted molar refractivity (Wildman–Crippen MR) is 99.4 cm³/mol. The molecular formula is C17H17ClN4OS. The van der Waals surface area contributed by atoms with E-state index in [-0.39, 0.29) is 5.91 Å². The van der Waals surface area contributed by atoms with Crippen LogP contribution in [0.3, 0.4) is 0 Å². The molecular weight excluding hydrogens is 344 g/mol. The van der Waals surface area contributed by atoms with Crippen molar-refractivity contribution < 1.29 is 4.79 Å². The van der Waals surface area contributed by atoms with E-state index < -0.39 is 0 Å². The zero-order chi connectivity index (χ0) is 16.9. The van der Waals surface area contributed by atoms with Crippen molar-refractivity contribution in [1.82, 2.24) is 14.8 Å². The van der Waals surface area contributed by atoms with Gasteiger partial charge in [-0.2, -0.15) is 0 Å². The first-order valence-corrected chi connectivity index (χ1v) is 8.44. The number of hydrogen-bond acceptors (Lipinski definition) is 3. The lowest BCUT2D eigenvalue weighted by molar-refractivity contribution is 0.0693. The highest BCUT2D eigenvalue weighted by Crippen LogP contribution is 2.14. The summed E-state index contributed by atoms with van der Waals surface area (Å²) in [6, 6.07) is 12.8. The topological polar surface area (TPSA) is 48.5 Å². The molecule has 7 heteroatoms. The summed E-state index contributed by atoms with van der Waals surface area (Å²) in [6.45, 7) is 2.65. The molecule has 1 saturated heterocycles. The zero-order valence-electron chi connectivity index (χ0n) is 13.0. The fourth-order valence-electron chi connectivity index (χ4n) is 2.54. The average Bonchev–Trinajstić information content (AvgIpc) is 2.62. The quantitative estimate of drug-likeness (QED) is 0.834. The highest BCUT2D eigenvalue weighted by molar-refractivity contribution is 7.80. The van der Waals surface area contributed by atoms with Crippen molar-refractivity contribution in [2.24, 2.45) is 0 Å². The number of thiocarbonyl (C=S) groups is 1. The van der Waals surface area contributed by atoms with Gasteiger partial charge in [0.25, 0.3) is 5.91 Å². The number of nitrogens with one attached hydrogen (secondary N) is 1. The summed E-state index contributed by atoms with van der Waals surface area (Å²) in [5.74, 6) is 0.681. The molecule has 1 aliphatic rings. The summed E-state index contributed by atoms with van der Waals surface area (Å²) in [5, 5.41) is 4.29. The average molecular weight is 361 g/mol. The third-order valence-electron chi connectivity index (χ3n) is 3.83. The Morgan fingerprint density at radius 1 is 1.08 bits per heavy atom. The Labute approximate surface area is 151 Å². The number of halogens is 1. The Balaban J connectivity index is 1.55. The van der Waals surface area contributed by atoms with Crippen molar-refractivity contribution in [2.75, 3.05) is 31.5 Å². The molecule has 0 spiro atoms. The molecule has 1 amide bonds. The third-order valence-corrected chi connectivity index (χ3v) is 4.43. The summed E-state index contributed by atoms with van der Waals surface area (Å²) in [4.78, 5) is 20.5. The number of piperazine rings is 1. The van der Waals surface area contributed by atoms with Gasteiger partial charge < -0.3 is 15.1 Å². The van der Waals surface area contributed by atoms with Gasteiger partial charge in [-0.05, 0) is 36.5 Å². The van der Waals surface area contributed by atoms with Crippen LogP contribution in [-0.4, -0.2) is 52.0 Å². The van der Waals surface area contributed by atoms with Gasteiger partial charge in [-0.3, -0.25) is 4.79 Å². The smallest absolute Gasteiger partial charge is 0.253 e. The molecule has 24 heavy (non-hydrogen) atoms. The number of aromatic nitrogens is 1. The van der Waals surface area contributed by atoms with E-state index in [4.69, 9.17) is 23.8 Å². The van der Waals surface area contributed by atoms with E-state index in [1.807, 2.05) is 40.1 Å². The maximum absolute atomic E-state index is 12.4. The number of benzene rings is 1. The van der Waals surface area contributed by atoms with Gasteiger partial charge in [0.05, 0.1) is 0 Å². The minimum atomic E-state index is 0.0608. The third kappa shape index (κ3) is 4.01. The number of rotatable bonds is 2. The van der Waals surface area contributed by atoms with Crippen LogP contribution in [0.4, 0.5) is 5.82 Å². The van der Waals surface area contributed by atoms with Crippen molar-refractivity contribution in [3.05, 3.63) is 59.2 Å². The van der Waals surface area contributed by atoms with Crippen LogP contribution in [0, 0.1) is 0 Å². The maximum Gasteiger partial charge on any atom is 0.253 e. The number of nitrogens with zero attached hydrogens (tertiary/aromatic N) is 3. The highest BCUT2D eigenvalue weighted by Gasteiger charge is 2.23. The maximum atomic E-state index is 12.4. The molecule has 2 heterocycles. The standard InChI is InChI=1S/C17H17ClN4OS/c18-14-6-7-19-15(12-14)20-17(24)22-10-8-21(9-11-22)16(23)13-4-2-1-3-5-13/h1-7,12H,8-11H2,(H,19,20,24). The van der Waals surface area contributed by atoms with Crippen molar-refractivity contribution >= 4 is 40.7 Å². The van der Waals surface area contributed by atoms with E-state index >= 15 is 0 Å². The van der Waals surface area contributed by atoms with Crippen LogP contribution in [-0.2, 0) is 0 Å². The zero-order valence-corrected chi connectivity index (χ0v) is 14.6. The first kappa shape index (κ1) is 16.7. The largest absolute Gasteiger partial charge is 0.345 e. The summed E-state index contributed by atoms with van der Waals surface area (Å²) in [6.07, 6.45) is 1.63. The molecule has 1 aromatic carbocycles. The van der Waals surface area contributed by atoms with Gasteiger partial charge in [-0.15, -0.1) is 0 Å². The molecule has 1 aliphatic heterocycles. The predicted octanol–water partition coefficient (Wildman–Crippen LogP) is 2.89. The molecule has 0 radical (unpaired) electrons. The van der Waals surface area contributed by atoms with Gasteiger partial charge in [0.15, 0.2) is 5.11 Å². The SMILES string of the molecule is O=C(c1ccccc1)N1CCN(C(=S)Nc2cc(Cl)ccn2)CC1. The molecule has 0 aliphatic carbocycles. The van der Waals surface area contributed by atoms with Crippen LogP contribution in [0.25, 0.3) is 0 Å². The van der Waals surface area contributed by atoms with Crippen LogP contribution >= 0.6 is 23.8 Å². The molecule has 1 aromatic heterocycles. The molecule has 0 atom stereocenters. The molecule has 1 N–H and O–H groups in total. The molecule has 0 bridgehead atoms. The van der Waals surface area contributed by atoms with Crippen LogP contribution < -0.4 is 5.32 Å². The Kier molecular flexibility index (Phi) is 5.27. The summed E-state index contributed by atoms with van der Waals surface area (Å²) >= 11 is 11.4. The first-order chi connectivity index (χ1) is 11.6. The number of hydrogen-bond donors (Lipinski definition) is 1. The molecule has 0 unspecified atom stereocenters. The van der Waals surface area contributed by atoms with Crippen molar-refractivity contribution in [1.29, 1.82) is 0 Å². The first-order valence-electron chi connectivity index (χ1n) is 7.65. The molecule has 5 nitrogen and oxygen atoms in total. The molecule has 0 saturated carbocycles. The van der Waals surface area contributed by atoms with Gasteiger partial charge in [0.1, 0.15) is 5.82 Å². The minimum absolute atomic E-state index is 0.0608. The van der Waals surface area contributed by atoms with E-state index in [1.165, 1.54) is 0 Å². The van der Waals surface area contributed by atoms with E-state index in [2.05, 4.69) is 10.3 Å². The van der Waals surface area contributed by atoms with Crippen molar-refractivity contribution in [3.63, 3.8) is 0 Å². The Bertz CT molecular complexity index is 732. The molecule has 1 fully saturated rings.